The minimum Gasteiger partial charge on any atom is -0.494 e. The number of benzene rings is 3. The van der Waals surface area contributed by atoms with Crippen LogP contribution in [0.5, 0.6) is 5.75 Å². The molecule has 0 spiro atoms. The molecule has 12 heteroatoms. The number of hydrogen-bond donors (Lipinski definition) is 1. The molecular weight excluding hydrogens is 616 g/mol. The SMILES string of the molecule is CCOc1ccc(N(CC(=O)N(Cc2c(Cl)cccc2Cl)[C@H](CC)C(=O)NC(C)(C)C)S(=O)(=O)c2ccc(F)cc2)cc1. The van der Waals surface area contributed by atoms with Crippen molar-refractivity contribution in [1.82, 2.24) is 10.2 Å². The van der Waals surface area contributed by atoms with Gasteiger partial charge in [-0.3, -0.25) is 13.9 Å². The van der Waals surface area contributed by atoms with Crippen molar-refractivity contribution in [2.75, 3.05) is 17.5 Å². The molecule has 8 nitrogen and oxygen atoms in total. The van der Waals surface area contributed by atoms with Crippen LogP contribution in [0.4, 0.5) is 10.1 Å². The summed E-state index contributed by atoms with van der Waals surface area (Å²) in [7, 11) is -4.37. The van der Waals surface area contributed by atoms with Crippen molar-refractivity contribution in [2.45, 2.75) is 64.1 Å². The third kappa shape index (κ3) is 8.84. The van der Waals surface area contributed by atoms with Crippen molar-refractivity contribution in [3.8, 4) is 5.75 Å². The zero-order valence-electron chi connectivity index (χ0n) is 24.7. The van der Waals surface area contributed by atoms with Gasteiger partial charge in [-0.2, -0.15) is 0 Å². The van der Waals surface area contributed by atoms with E-state index in [2.05, 4.69) is 5.32 Å². The number of hydrogen-bond acceptors (Lipinski definition) is 5. The van der Waals surface area contributed by atoms with Gasteiger partial charge in [0, 0.05) is 27.7 Å². The number of rotatable bonds is 12. The van der Waals surface area contributed by atoms with E-state index in [9.17, 15) is 22.4 Å². The van der Waals surface area contributed by atoms with E-state index in [0.717, 1.165) is 28.6 Å². The molecule has 3 aromatic rings. The molecule has 3 rings (SSSR count). The highest BCUT2D eigenvalue weighted by Crippen LogP contribution is 2.29. The zero-order valence-corrected chi connectivity index (χ0v) is 27.1. The Bertz CT molecular complexity index is 1510. The molecule has 0 bridgehead atoms. The summed E-state index contributed by atoms with van der Waals surface area (Å²) in [5, 5.41) is 3.49. The van der Waals surface area contributed by atoms with Crippen LogP contribution in [0.15, 0.2) is 71.6 Å². The predicted molar refractivity (Wildman–Crippen MR) is 168 cm³/mol. The van der Waals surface area contributed by atoms with Gasteiger partial charge in [-0.05, 0) is 94.8 Å². The Labute approximate surface area is 262 Å². The van der Waals surface area contributed by atoms with E-state index < -0.39 is 45.8 Å². The van der Waals surface area contributed by atoms with Gasteiger partial charge in [0.15, 0.2) is 0 Å². The Balaban J connectivity index is 2.11. The predicted octanol–water partition coefficient (Wildman–Crippen LogP) is 6.45. The Morgan fingerprint density at radius 1 is 0.953 bits per heavy atom. The second-order valence-electron chi connectivity index (χ2n) is 10.8. The largest absolute Gasteiger partial charge is 0.494 e. The monoisotopic (exact) mass is 651 g/mol. The zero-order chi connectivity index (χ0) is 31.9. The van der Waals surface area contributed by atoms with Gasteiger partial charge in [0.2, 0.25) is 11.8 Å². The topological polar surface area (TPSA) is 96.0 Å². The lowest BCUT2D eigenvalue weighted by molar-refractivity contribution is -0.141. The molecule has 1 atom stereocenters. The highest BCUT2D eigenvalue weighted by molar-refractivity contribution is 7.92. The Hall–Kier alpha value is -3.34. The number of anilines is 1. The van der Waals surface area contributed by atoms with E-state index >= 15 is 0 Å². The second-order valence-corrected chi connectivity index (χ2v) is 13.5. The van der Waals surface area contributed by atoms with Gasteiger partial charge < -0.3 is 15.0 Å². The fraction of sp³-hybridized carbons (Fsp3) is 0.355. The van der Waals surface area contributed by atoms with Gasteiger partial charge >= 0.3 is 0 Å². The molecule has 43 heavy (non-hydrogen) atoms. The molecule has 0 heterocycles. The Morgan fingerprint density at radius 3 is 2.05 bits per heavy atom. The number of carbonyl (C=O) groups is 2. The molecule has 2 amide bonds. The molecule has 0 aliphatic rings. The van der Waals surface area contributed by atoms with Gasteiger partial charge in [0.05, 0.1) is 17.2 Å². The summed E-state index contributed by atoms with van der Waals surface area (Å²) in [6, 6.07) is 14.4. The Morgan fingerprint density at radius 2 is 1.53 bits per heavy atom. The quantitative estimate of drug-likeness (QED) is 0.243. The van der Waals surface area contributed by atoms with Crippen LogP contribution in [0.1, 0.15) is 46.6 Å². The normalized spacial score (nSPS) is 12.4. The van der Waals surface area contributed by atoms with Crippen LogP contribution in [-0.4, -0.2) is 49.9 Å². The van der Waals surface area contributed by atoms with Crippen LogP contribution in [-0.2, 0) is 26.2 Å². The standard InChI is InChI=1S/C31H36Cl2FN3O5S/c1-6-28(30(39)35-31(3,4)5)36(19-25-26(32)9-8-10-27(25)33)29(38)20-37(22-13-15-23(16-14-22)42-7-2)43(40,41)24-17-11-21(34)12-18-24/h8-18,28H,6-7,19-20H2,1-5H3,(H,35,39)/t28-/m1/s1. The number of amides is 2. The van der Waals surface area contributed by atoms with E-state index in [1.54, 1.807) is 37.3 Å². The maximum absolute atomic E-state index is 14.2. The summed E-state index contributed by atoms with van der Waals surface area (Å²) in [5.41, 5.74) is -0.0131. The molecule has 0 aliphatic carbocycles. The van der Waals surface area contributed by atoms with Crippen molar-refractivity contribution in [3.63, 3.8) is 0 Å². The van der Waals surface area contributed by atoms with Gasteiger partial charge in [0.1, 0.15) is 24.2 Å². The molecule has 3 aromatic carbocycles. The minimum absolute atomic E-state index is 0.152. The summed E-state index contributed by atoms with van der Waals surface area (Å²) in [6.45, 7) is 8.60. The molecule has 232 valence electrons. The molecule has 0 aromatic heterocycles. The van der Waals surface area contributed by atoms with E-state index in [1.807, 2.05) is 27.7 Å². The first kappa shape index (κ1) is 34.2. The highest BCUT2D eigenvalue weighted by Gasteiger charge is 2.35. The summed E-state index contributed by atoms with van der Waals surface area (Å²) < 4.78 is 47.9. The number of sulfonamides is 1. The van der Waals surface area contributed by atoms with Crippen LogP contribution in [0, 0.1) is 5.82 Å². The molecule has 0 unspecified atom stereocenters. The lowest BCUT2D eigenvalue weighted by atomic mass is 10.1. The first-order chi connectivity index (χ1) is 20.2. The molecule has 0 saturated heterocycles. The van der Waals surface area contributed by atoms with Crippen molar-refractivity contribution < 1.29 is 27.1 Å². The molecule has 0 radical (unpaired) electrons. The van der Waals surface area contributed by atoms with E-state index in [1.165, 1.54) is 17.0 Å². The second kappa shape index (κ2) is 14.4. The highest BCUT2D eigenvalue weighted by atomic mass is 35.5. The van der Waals surface area contributed by atoms with Crippen molar-refractivity contribution in [3.05, 3.63) is 88.2 Å². The summed E-state index contributed by atoms with van der Waals surface area (Å²) in [5.74, 6) is -1.19. The number of nitrogens with zero attached hydrogens (tertiary/aromatic N) is 2. The summed E-state index contributed by atoms with van der Waals surface area (Å²) in [6.07, 6.45) is 0.226. The summed E-state index contributed by atoms with van der Waals surface area (Å²) in [4.78, 5) is 28.7. The number of nitrogens with one attached hydrogen (secondary N) is 1. The van der Waals surface area contributed by atoms with Crippen LogP contribution < -0.4 is 14.4 Å². The van der Waals surface area contributed by atoms with Crippen LogP contribution in [0.25, 0.3) is 0 Å². The van der Waals surface area contributed by atoms with Crippen molar-refractivity contribution >= 4 is 50.7 Å². The molecular formula is C31H36Cl2FN3O5S. The lowest BCUT2D eigenvalue weighted by Gasteiger charge is -2.35. The molecule has 1 N–H and O–H groups in total. The first-order valence-electron chi connectivity index (χ1n) is 13.7. The Kier molecular flexibility index (Phi) is 11.5. The van der Waals surface area contributed by atoms with E-state index in [4.69, 9.17) is 27.9 Å². The van der Waals surface area contributed by atoms with Crippen LogP contribution >= 0.6 is 23.2 Å². The maximum Gasteiger partial charge on any atom is 0.264 e. The van der Waals surface area contributed by atoms with E-state index in [-0.39, 0.29) is 23.5 Å². The summed E-state index contributed by atoms with van der Waals surface area (Å²) >= 11 is 12.9. The van der Waals surface area contributed by atoms with Crippen molar-refractivity contribution in [1.29, 1.82) is 0 Å². The van der Waals surface area contributed by atoms with Crippen LogP contribution in [0.2, 0.25) is 10.0 Å². The first-order valence-corrected chi connectivity index (χ1v) is 15.9. The van der Waals surface area contributed by atoms with Crippen molar-refractivity contribution in [2.24, 2.45) is 0 Å². The average Bonchev–Trinajstić information content (AvgIpc) is 2.93. The fourth-order valence-corrected chi connectivity index (χ4v) is 6.30. The molecule has 0 saturated carbocycles. The smallest absolute Gasteiger partial charge is 0.264 e. The van der Waals surface area contributed by atoms with E-state index in [0.29, 0.717) is 28.0 Å². The number of carbonyl (C=O) groups excluding carboxylic acids is 2. The number of ether oxygens (including phenoxy) is 1. The fourth-order valence-electron chi connectivity index (χ4n) is 4.36. The van der Waals surface area contributed by atoms with Gasteiger partial charge in [0.25, 0.3) is 10.0 Å². The molecule has 0 fully saturated rings. The third-order valence-electron chi connectivity index (χ3n) is 6.39. The average molecular weight is 653 g/mol. The van der Waals surface area contributed by atoms with Gasteiger partial charge in [-0.15, -0.1) is 0 Å². The van der Waals surface area contributed by atoms with Crippen LogP contribution in [0.3, 0.4) is 0 Å². The minimum atomic E-state index is -4.37. The van der Waals surface area contributed by atoms with Gasteiger partial charge in [-0.1, -0.05) is 36.2 Å². The third-order valence-corrected chi connectivity index (χ3v) is 8.89. The number of halogens is 3. The van der Waals surface area contributed by atoms with Gasteiger partial charge in [-0.25, -0.2) is 12.8 Å². The molecule has 0 aliphatic heterocycles. The lowest BCUT2D eigenvalue weighted by Crippen LogP contribution is -2.55. The maximum atomic E-state index is 14.2.